The van der Waals surface area contributed by atoms with E-state index in [-0.39, 0.29) is 17.9 Å². The van der Waals surface area contributed by atoms with Gasteiger partial charge in [0.2, 0.25) is 15.9 Å². The van der Waals surface area contributed by atoms with Crippen molar-refractivity contribution in [3.8, 4) is 0 Å². The number of hydrogen-bond acceptors (Lipinski definition) is 5. The highest BCUT2D eigenvalue weighted by molar-refractivity contribution is 7.92. The van der Waals surface area contributed by atoms with Gasteiger partial charge < -0.3 is 15.1 Å². The first kappa shape index (κ1) is 19.6. The fraction of sp³-hybridized carbons (Fsp3) is 0.556. The Hall–Kier alpha value is -2.13. The molecule has 2 aliphatic rings. The second kappa shape index (κ2) is 7.85. The maximum Gasteiger partial charge on any atom is 0.253 e. The van der Waals surface area contributed by atoms with Crippen LogP contribution in [-0.2, 0) is 14.8 Å². The number of aryl methyl sites for hydroxylation is 1. The molecule has 0 aromatic heterocycles. The Balaban J connectivity index is 1.75. The van der Waals surface area contributed by atoms with Gasteiger partial charge in [-0.1, -0.05) is 6.07 Å². The summed E-state index contributed by atoms with van der Waals surface area (Å²) in [6.45, 7) is 4.72. The van der Waals surface area contributed by atoms with Crippen LogP contribution in [0, 0.1) is 6.92 Å². The van der Waals surface area contributed by atoms with E-state index in [1.165, 1.54) is 0 Å². The van der Waals surface area contributed by atoms with Gasteiger partial charge in [-0.15, -0.1) is 0 Å². The Morgan fingerprint density at radius 1 is 1.30 bits per heavy atom. The summed E-state index contributed by atoms with van der Waals surface area (Å²) in [5, 5.41) is 3.07. The van der Waals surface area contributed by atoms with E-state index in [0.29, 0.717) is 37.4 Å². The second-order valence-electron chi connectivity index (χ2n) is 7.22. The maximum absolute atomic E-state index is 13.0. The Bertz CT molecular complexity index is 840. The number of carbonyl (C=O) groups is 2. The van der Waals surface area contributed by atoms with Crippen LogP contribution >= 0.6 is 0 Å². The second-order valence-corrected chi connectivity index (χ2v) is 8.96. The van der Waals surface area contributed by atoms with E-state index >= 15 is 0 Å². The zero-order chi connectivity index (χ0) is 19.6. The SMILES string of the molecule is Cc1ccc(C(=O)N2CCCC(N3CCNCC3=O)C2)cc1NS(C)(=O)=O. The number of anilines is 1. The zero-order valence-electron chi connectivity index (χ0n) is 15.7. The number of amides is 2. The van der Waals surface area contributed by atoms with Gasteiger partial charge in [0.05, 0.1) is 18.5 Å². The normalized spacial score (nSPS) is 21.3. The van der Waals surface area contributed by atoms with Gasteiger partial charge in [0.15, 0.2) is 0 Å². The van der Waals surface area contributed by atoms with E-state index in [0.717, 1.165) is 31.2 Å². The van der Waals surface area contributed by atoms with Crippen molar-refractivity contribution < 1.29 is 18.0 Å². The summed E-state index contributed by atoms with van der Waals surface area (Å²) in [7, 11) is -3.42. The standard InChI is InChI=1S/C18H26N4O4S/c1-13-5-6-14(10-16(13)20-27(2,25)26)18(24)21-8-3-4-15(12-21)22-9-7-19-11-17(22)23/h5-6,10,15,19-20H,3-4,7-9,11-12H2,1-2H3. The Kier molecular flexibility index (Phi) is 5.71. The molecule has 0 spiro atoms. The molecule has 0 aliphatic carbocycles. The average Bonchev–Trinajstić information content (AvgIpc) is 2.62. The summed E-state index contributed by atoms with van der Waals surface area (Å²) in [4.78, 5) is 28.8. The minimum Gasteiger partial charge on any atom is -0.337 e. The summed E-state index contributed by atoms with van der Waals surface area (Å²) >= 11 is 0. The number of rotatable bonds is 4. The number of hydrogen-bond donors (Lipinski definition) is 2. The van der Waals surface area contributed by atoms with Crippen LogP contribution in [-0.4, -0.2) is 75.1 Å². The van der Waals surface area contributed by atoms with Crippen LogP contribution in [0.1, 0.15) is 28.8 Å². The minimum absolute atomic E-state index is 0.0383. The van der Waals surface area contributed by atoms with Crippen molar-refractivity contribution >= 4 is 27.5 Å². The van der Waals surface area contributed by atoms with E-state index in [1.807, 2.05) is 4.90 Å². The molecule has 9 heteroatoms. The average molecular weight is 394 g/mol. The number of benzene rings is 1. The molecule has 0 bridgehead atoms. The van der Waals surface area contributed by atoms with E-state index in [2.05, 4.69) is 10.0 Å². The Labute approximate surface area is 160 Å². The van der Waals surface area contributed by atoms with E-state index in [1.54, 1.807) is 30.0 Å². The largest absolute Gasteiger partial charge is 0.337 e. The van der Waals surface area contributed by atoms with Gasteiger partial charge in [-0.2, -0.15) is 0 Å². The highest BCUT2D eigenvalue weighted by Crippen LogP contribution is 2.22. The molecule has 27 heavy (non-hydrogen) atoms. The van der Waals surface area contributed by atoms with Gasteiger partial charge >= 0.3 is 0 Å². The van der Waals surface area contributed by atoms with Gasteiger partial charge in [0.1, 0.15) is 0 Å². The predicted molar refractivity (Wildman–Crippen MR) is 103 cm³/mol. The minimum atomic E-state index is -3.42. The molecular formula is C18H26N4O4S. The lowest BCUT2D eigenvalue weighted by Crippen LogP contribution is -2.57. The third-order valence-corrected chi connectivity index (χ3v) is 5.62. The quantitative estimate of drug-likeness (QED) is 0.770. The molecule has 0 radical (unpaired) electrons. The summed E-state index contributed by atoms with van der Waals surface area (Å²) in [5.41, 5.74) is 1.60. The monoisotopic (exact) mass is 394 g/mol. The highest BCUT2D eigenvalue weighted by Gasteiger charge is 2.32. The molecular weight excluding hydrogens is 368 g/mol. The molecule has 1 atom stereocenters. The van der Waals surface area contributed by atoms with E-state index in [4.69, 9.17) is 0 Å². The number of likely N-dealkylation sites (tertiary alicyclic amines) is 1. The van der Waals surface area contributed by atoms with Crippen molar-refractivity contribution in [3.05, 3.63) is 29.3 Å². The summed E-state index contributed by atoms with van der Waals surface area (Å²) in [6, 6.07) is 5.07. The van der Waals surface area contributed by atoms with Crippen LogP contribution in [0.2, 0.25) is 0 Å². The molecule has 148 valence electrons. The van der Waals surface area contributed by atoms with Crippen molar-refractivity contribution in [2.75, 3.05) is 43.7 Å². The summed E-state index contributed by atoms with van der Waals surface area (Å²) in [5.74, 6) is -0.0608. The molecule has 1 aromatic carbocycles. The van der Waals surface area contributed by atoms with Crippen molar-refractivity contribution in [1.29, 1.82) is 0 Å². The third-order valence-electron chi connectivity index (χ3n) is 5.03. The molecule has 2 amide bonds. The number of nitrogens with zero attached hydrogens (tertiary/aromatic N) is 2. The first-order chi connectivity index (χ1) is 12.7. The first-order valence-corrected chi connectivity index (χ1v) is 11.0. The van der Waals surface area contributed by atoms with Gasteiger partial charge in [-0.25, -0.2) is 8.42 Å². The van der Waals surface area contributed by atoms with Crippen molar-refractivity contribution in [2.45, 2.75) is 25.8 Å². The first-order valence-electron chi connectivity index (χ1n) is 9.12. The Morgan fingerprint density at radius 3 is 2.78 bits per heavy atom. The molecule has 2 heterocycles. The van der Waals surface area contributed by atoms with Crippen LogP contribution in [0.3, 0.4) is 0 Å². The molecule has 2 N–H and O–H groups in total. The van der Waals surface area contributed by atoms with Gasteiger partial charge in [0, 0.05) is 37.8 Å². The molecule has 0 saturated carbocycles. The van der Waals surface area contributed by atoms with E-state index in [9.17, 15) is 18.0 Å². The van der Waals surface area contributed by atoms with Crippen LogP contribution in [0.15, 0.2) is 18.2 Å². The summed E-state index contributed by atoms with van der Waals surface area (Å²) < 4.78 is 25.5. The van der Waals surface area contributed by atoms with Crippen LogP contribution in [0.5, 0.6) is 0 Å². The number of piperidine rings is 1. The lowest BCUT2D eigenvalue weighted by molar-refractivity contribution is -0.135. The fourth-order valence-corrected chi connectivity index (χ4v) is 4.27. The lowest BCUT2D eigenvalue weighted by atomic mass is 10.0. The zero-order valence-corrected chi connectivity index (χ0v) is 16.5. The molecule has 8 nitrogen and oxygen atoms in total. The maximum atomic E-state index is 13.0. The van der Waals surface area contributed by atoms with Gasteiger partial charge in [-0.05, 0) is 37.5 Å². The van der Waals surface area contributed by atoms with Crippen molar-refractivity contribution in [3.63, 3.8) is 0 Å². The molecule has 1 aromatic rings. The number of sulfonamides is 1. The predicted octanol–water partition coefficient (Wildman–Crippen LogP) is 0.403. The topological polar surface area (TPSA) is 98.8 Å². The van der Waals surface area contributed by atoms with Gasteiger partial charge in [-0.3, -0.25) is 14.3 Å². The summed E-state index contributed by atoms with van der Waals surface area (Å²) in [6.07, 6.45) is 2.82. The fourth-order valence-electron chi connectivity index (χ4n) is 3.65. The van der Waals surface area contributed by atoms with Gasteiger partial charge in [0.25, 0.3) is 5.91 Å². The number of carbonyl (C=O) groups excluding carboxylic acids is 2. The highest BCUT2D eigenvalue weighted by atomic mass is 32.2. The molecule has 2 aliphatic heterocycles. The smallest absolute Gasteiger partial charge is 0.253 e. The molecule has 3 rings (SSSR count). The Morgan fingerprint density at radius 2 is 2.07 bits per heavy atom. The number of piperazine rings is 1. The van der Waals surface area contributed by atoms with Crippen molar-refractivity contribution in [1.82, 2.24) is 15.1 Å². The van der Waals surface area contributed by atoms with Crippen LogP contribution in [0.4, 0.5) is 5.69 Å². The van der Waals surface area contributed by atoms with Crippen LogP contribution in [0.25, 0.3) is 0 Å². The van der Waals surface area contributed by atoms with Crippen molar-refractivity contribution in [2.24, 2.45) is 0 Å². The molecule has 1 unspecified atom stereocenters. The molecule has 2 saturated heterocycles. The van der Waals surface area contributed by atoms with Crippen LogP contribution < -0.4 is 10.0 Å². The van der Waals surface area contributed by atoms with E-state index < -0.39 is 10.0 Å². The third kappa shape index (κ3) is 4.78. The molecule has 2 fully saturated rings. The number of nitrogens with one attached hydrogen (secondary N) is 2. The lowest BCUT2D eigenvalue weighted by Gasteiger charge is -2.41.